The van der Waals surface area contributed by atoms with Crippen molar-refractivity contribution in [2.45, 2.75) is 38.2 Å². The molecule has 1 fully saturated rings. The molecule has 1 amide bonds. The number of rotatable bonds is 5. The average Bonchev–Trinajstić information content (AvgIpc) is 2.48. The van der Waals surface area contributed by atoms with Crippen molar-refractivity contribution in [3.05, 3.63) is 23.8 Å². The standard InChI is InChI=1S/C15H19NO5/c17-13-9-10(15(19)20)4-6-12(13)16-14(18)7-5-11-3-1-2-8-21-11/h4,6,9,11,17H,1-3,5,7-8H2,(H,16,18)(H,19,20). The summed E-state index contributed by atoms with van der Waals surface area (Å²) in [4.78, 5) is 22.6. The minimum absolute atomic E-state index is 0.0268. The topological polar surface area (TPSA) is 95.9 Å². The van der Waals surface area contributed by atoms with E-state index in [0.29, 0.717) is 12.8 Å². The largest absolute Gasteiger partial charge is 0.506 e. The molecule has 6 heteroatoms. The molecule has 3 N–H and O–H groups in total. The molecular weight excluding hydrogens is 274 g/mol. The molecule has 1 aromatic rings. The smallest absolute Gasteiger partial charge is 0.335 e. The Kier molecular flexibility index (Phi) is 5.16. The normalized spacial score (nSPS) is 18.2. The van der Waals surface area contributed by atoms with Gasteiger partial charge in [-0.15, -0.1) is 0 Å². The second-order valence-electron chi connectivity index (χ2n) is 5.11. The molecule has 1 aliphatic heterocycles. The van der Waals surface area contributed by atoms with Gasteiger partial charge in [-0.2, -0.15) is 0 Å². The number of aromatic hydroxyl groups is 1. The van der Waals surface area contributed by atoms with Crippen molar-refractivity contribution in [2.24, 2.45) is 0 Å². The van der Waals surface area contributed by atoms with Crippen molar-refractivity contribution in [3.8, 4) is 5.75 Å². The Morgan fingerprint density at radius 1 is 1.33 bits per heavy atom. The number of aromatic carboxylic acids is 1. The molecule has 1 aliphatic rings. The van der Waals surface area contributed by atoms with Gasteiger partial charge >= 0.3 is 5.97 Å². The number of carbonyl (C=O) groups excluding carboxylic acids is 1. The van der Waals surface area contributed by atoms with Crippen molar-refractivity contribution >= 4 is 17.6 Å². The molecule has 0 bridgehead atoms. The zero-order chi connectivity index (χ0) is 15.2. The quantitative estimate of drug-likeness (QED) is 0.724. The predicted octanol–water partition coefficient (Wildman–Crippen LogP) is 2.38. The fourth-order valence-corrected chi connectivity index (χ4v) is 2.31. The Morgan fingerprint density at radius 3 is 2.76 bits per heavy atom. The fourth-order valence-electron chi connectivity index (χ4n) is 2.31. The van der Waals surface area contributed by atoms with Gasteiger partial charge in [0.05, 0.1) is 17.4 Å². The lowest BCUT2D eigenvalue weighted by Gasteiger charge is -2.22. The van der Waals surface area contributed by atoms with Gasteiger partial charge in [0.1, 0.15) is 5.75 Å². The van der Waals surface area contributed by atoms with Crippen LogP contribution in [0.5, 0.6) is 5.75 Å². The summed E-state index contributed by atoms with van der Waals surface area (Å²) in [5, 5.41) is 21.1. The maximum absolute atomic E-state index is 11.8. The number of phenolic OH excluding ortho intramolecular Hbond substituents is 1. The lowest BCUT2D eigenvalue weighted by molar-refractivity contribution is -0.117. The van der Waals surface area contributed by atoms with Gasteiger partial charge in [0, 0.05) is 13.0 Å². The van der Waals surface area contributed by atoms with E-state index in [2.05, 4.69) is 5.32 Å². The molecule has 6 nitrogen and oxygen atoms in total. The van der Waals surface area contributed by atoms with E-state index in [-0.39, 0.29) is 29.0 Å². The Hall–Kier alpha value is -2.08. The summed E-state index contributed by atoms with van der Waals surface area (Å²) in [6.45, 7) is 0.754. The second kappa shape index (κ2) is 7.08. The predicted molar refractivity (Wildman–Crippen MR) is 76.5 cm³/mol. The van der Waals surface area contributed by atoms with Crippen molar-refractivity contribution in [1.82, 2.24) is 0 Å². The van der Waals surface area contributed by atoms with E-state index >= 15 is 0 Å². The second-order valence-corrected chi connectivity index (χ2v) is 5.11. The highest BCUT2D eigenvalue weighted by Crippen LogP contribution is 2.25. The molecule has 0 spiro atoms. The molecule has 1 heterocycles. The summed E-state index contributed by atoms with van der Waals surface area (Å²) in [5.41, 5.74) is 0.190. The highest BCUT2D eigenvalue weighted by molar-refractivity contribution is 5.94. The highest BCUT2D eigenvalue weighted by Gasteiger charge is 2.16. The van der Waals surface area contributed by atoms with Crippen LogP contribution in [-0.4, -0.2) is 34.8 Å². The summed E-state index contributed by atoms with van der Waals surface area (Å²) in [7, 11) is 0. The maximum atomic E-state index is 11.8. The fraction of sp³-hybridized carbons (Fsp3) is 0.467. The Labute approximate surface area is 122 Å². The Morgan fingerprint density at radius 2 is 2.14 bits per heavy atom. The number of carbonyl (C=O) groups is 2. The summed E-state index contributed by atoms with van der Waals surface area (Å²) >= 11 is 0. The molecule has 1 atom stereocenters. The van der Waals surface area contributed by atoms with Crippen molar-refractivity contribution in [1.29, 1.82) is 0 Å². The number of hydrogen-bond donors (Lipinski definition) is 3. The van der Waals surface area contributed by atoms with E-state index in [1.807, 2.05) is 0 Å². The third-order valence-electron chi connectivity index (χ3n) is 3.49. The first-order valence-corrected chi connectivity index (χ1v) is 7.04. The summed E-state index contributed by atoms with van der Waals surface area (Å²) in [6, 6.07) is 3.83. The van der Waals surface area contributed by atoms with Gasteiger partial charge in [-0.25, -0.2) is 4.79 Å². The number of hydrogen-bond acceptors (Lipinski definition) is 4. The SMILES string of the molecule is O=C(CCC1CCCCO1)Nc1ccc(C(=O)O)cc1O. The van der Waals surface area contributed by atoms with E-state index in [1.165, 1.54) is 12.1 Å². The van der Waals surface area contributed by atoms with E-state index in [4.69, 9.17) is 9.84 Å². The monoisotopic (exact) mass is 293 g/mol. The van der Waals surface area contributed by atoms with Gasteiger partial charge in [-0.3, -0.25) is 4.79 Å². The number of carboxylic acid groups (broad SMARTS) is 1. The lowest BCUT2D eigenvalue weighted by Crippen LogP contribution is -2.21. The number of carboxylic acids is 1. The third kappa shape index (κ3) is 4.46. The van der Waals surface area contributed by atoms with Crippen LogP contribution in [0, 0.1) is 0 Å². The van der Waals surface area contributed by atoms with Crippen LogP contribution in [0.1, 0.15) is 42.5 Å². The van der Waals surface area contributed by atoms with Crippen LogP contribution in [0.2, 0.25) is 0 Å². The number of ether oxygens (including phenoxy) is 1. The van der Waals surface area contributed by atoms with Crippen LogP contribution in [0.25, 0.3) is 0 Å². The number of benzene rings is 1. The van der Waals surface area contributed by atoms with Gasteiger partial charge in [-0.05, 0) is 43.9 Å². The molecule has 2 rings (SSSR count). The molecule has 0 saturated carbocycles. The number of nitrogens with one attached hydrogen (secondary N) is 1. The third-order valence-corrected chi connectivity index (χ3v) is 3.49. The van der Waals surface area contributed by atoms with Gasteiger partial charge in [-0.1, -0.05) is 0 Å². The van der Waals surface area contributed by atoms with Crippen LogP contribution in [0.15, 0.2) is 18.2 Å². The molecule has 114 valence electrons. The lowest BCUT2D eigenvalue weighted by atomic mass is 10.0. The average molecular weight is 293 g/mol. The molecule has 1 unspecified atom stereocenters. The number of anilines is 1. The van der Waals surface area contributed by atoms with E-state index in [0.717, 1.165) is 31.9 Å². The molecular formula is C15H19NO5. The molecule has 0 aliphatic carbocycles. The number of phenols is 1. The maximum Gasteiger partial charge on any atom is 0.335 e. The van der Waals surface area contributed by atoms with Crippen LogP contribution < -0.4 is 5.32 Å². The van der Waals surface area contributed by atoms with Gasteiger partial charge in [0.25, 0.3) is 0 Å². The molecule has 1 saturated heterocycles. The van der Waals surface area contributed by atoms with Crippen molar-refractivity contribution < 1.29 is 24.5 Å². The van der Waals surface area contributed by atoms with E-state index in [9.17, 15) is 14.7 Å². The van der Waals surface area contributed by atoms with Crippen LogP contribution in [0.3, 0.4) is 0 Å². The Bertz CT molecular complexity index is 523. The summed E-state index contributed by atoms with van der Waals surface area (Å²) in [5.74, 6) is -1.60. The van der Waals surface area contributed by atoms with Gasteiger partial charge < -0.3 is 20.3 Å². The molecule has 0 aromatic heterocycles. The first kappa shape index (κ1) is 15.3. The summed E-state index contributed by atoms with van der Waals surface area (Å²) < 4.78 is 5.55. The van der Waals surface area contributed by atoms with Crippen LogP contribution in [-0.2, 0) is 9.53 Å². The minimum Gasteiger partial charge on any atom is -0.506 e. The van der Waals surface area contributed by atoms with Gasteiger partial charge in [0.2, 0.25) is 5.91 Å². The minimum atomic E-state index is -1.13. The molecule has 21 heavy (non-hydrogen) atoms. The van der Waals surface area contributed by atoms with Crippen molar-refractivity contribution in [3.63, 3.8) is 0 Å². The number of amides is 1. The molecule has 1 aromatic carbocycles. The molecule has 0 radical (unpaired) electrons. The highest BCUT2D eigenvalue weighted by atomic mass is 16.5. The van der Waals surface area contributed by atoms with Crippen LogP contribution >= 0.6 is 0 Å². The zero-order valence-corrected chi connectivity index (χ0v) is 11.7. The van der Waals surface area contributed by atoms with Gasteiger partial charge in [0.15, 0.2) is 0 Å². The first-order chi connectivity index (χ1) is 10.1. The Balaban J connectivity index is 1.85. The van der Waals surface area contributed by atoms with E-state index in [1.54, 1.807) is 0 Å². The van der Waals surface area contributed by atoms with E-state index < -0.39 is 5.97 Å². The van der Waals surface area contributed by atoms with Crippen LogP contribution in [0.4, 0.5) is 5.69 Å². The van der Waals surface area contributed by atoms with Crippen molar-refractivity contribution in [2.75, 3.05) is 11.9 Å². The summed E-state index contributed by atoms with van der Waals surface area (Å²) in [6.07, 6.45) is 4.28. The zero-order valence-electron chi connectivity index (χ0n) is 11.7. The first-order valence-electron chi connectivity index (χ1n) is 7.04.